The van der Waals surface area contributed by atoms with Crippen LogP contribution in [-0.2, 0) is 0 Å². The molecule has 364 valence electrons. The van der Waals surface area contributed by atoms with Crippen molar-refractivity contribution in [2.75, 3.05) is 0 Å². The van der Waals surface area contributed by atoms with Gasteiger partial charge in [-0.3, -0.25) is 0 Å². The summed E-state index contributed by atoms with van der Waals surface area (Å²) in [7, 11) is 0. The van der Waals surface area contributed by atoms with E-state index in [0.29, 0.717) is 0 Å². The summed E-state index contributed by atoms with van der Waals surface area (Å²) < 4.78 is 0. The quantitative estimate of drug-likeness (QED) is 0.247. The first-order valence-corrected chi connectivity index (χ1v) is 28.9. The summed E-state index contributed by atoms with van der Waals surface area (Å²) in [5, 5.41) is 0. The van der Waals surface area contributed by atoms with E-state index in [1.165, 1.54) is 57.8 Å². The average molecular weight is 846 g/mol. The van der Waals surface area contributed by atoms with Crippen LogP contribution in [0.1, 0.15) is 298 Å². The fourth-order valence-corrected chi connectivity index (χ4v) is 12.8. The van der Waals surface area contributed by atoms with Gasteiger partial charge in [0.1, 0.15) is 0 Å². The fourth-order valence-electron chi connectivity index (χ4n) is 12.8. The van der Waals surface area contributed by atoms with Crippen LogP contribution in [0, 0.1) is 65.1 Å². The first-order valence-electron chi connectivity index (χ1n) is 28.9. The van der Waals surface area contributed by atoms with Gasteiger partial charge in [0.05, 0.1) is 0 Å². The maximum Gasteiger partial charge on any atom is -0.0172 e. The van der Waals surface area contributed by atoms with Crippen LogP contribution in [0.2, 0.25) is 0 Å². The third-order valence-corrected chi connectivity index (χ3v) is 14.6. The Labute approximate surface area is 386 Å². The van der Waals surface area contributed by atoms with E-state index in [2.05, 4.69) is 26.5 Å². The van der Waals surface area contributed by atoms with Crippen molar-refractivity contribution in [1.29, 1.82) is 0 Å². The Morgan fingerprint density at radius 1 is 0.417 bits per heavy atom. The van der Waals surface area contributed by atoms with E-state index < -0.39 is 0 Å². The van der Waals surface area contributed by atoms with Gasteiger partial charge in [-0.05, 0) is 162 Å². The molecule has 0 bridgehead atoms. The van der Waals surface area contributed by atoms with E-state index in [0.717, 1.165) is 65.1 Å². The van der Waals surface area contributed by atoms with Crippen molar-refractivity contribution >= 4 is 0 Å². The highest BCUT2D eigenvalue weighted by atomic mass is 14.5. The topological polar surface area (TPSA) is 0 Å². The van der Waals surface area contributed by atoms with Crippen molar-refractivity contribution in [3.05, 3.63) is 24.3 Å². The van der Waals surface area contributed by atoms with Crippen LogP contribution in [-0.4, -0.2) is 0 Å². The molecule has 8 aliphatic rings. The van der Waals surface area contributed by atoms with Crippen LogP contribution in [0.5, 0.6) is 0 Å². The summed E-state index contributed by atoms with van der Waals surface area (Å²) in [4.78, 5) is 0. The lowest BCUT2D eigenvalue weighted by molar-refractivity contribution is 0.164. The van der Waals surface area contributed by atoms with Gasteiger partial charge in [-0.2, -0.15) is 0 Å². The molecule has 0 amide bonds. The lowest BCUT2D eigenvalue weighted by atomic mass is 9.72. The predicted molar refractivity (Wildman–Crippen MR) is 285 cm³/mol. The minimum atomic E-state index is 1.02. The average Bonchev–Trinajstić information content (AvgIpc) is 4.16. The Morgan fingerprint density at radius 2 is 0.700 bits per heavy atom. The maximum absolute atomic E-state index is 3.36. The van der Waals surface area contributed by atoms with Gasteiger partial charge in [-0.1, -0.05) is 219 Å². The normalized spacial score (nSPS) is 31.6. The Kier molecular flexibility index (Phi) is 52.8. The van der Waals surface area contributed by atoms with Crippen LogP contribution < -0.4 is 0 Å². The summed E-state index contributed by atoms with van der Waals surface area (Å²) in [6.45, 7) is 41.5. The van der Waals surface area contributed by atoms with Crippen molar-refractivity contribution in [1.82, 2.24) is 0 Å². The van der Waals surface area contributed by atoms with E-state index in [-0.39, 0.29) is 0 Å². The number of fused-ring (bicyclic) bond motifs is 4. The number of hydrogen-bond acceptors (Lipinski definition) is 0. The lowest BCUT2D eigenvalue weighted by Gasteiger charge is -2.34. The third-order valence-electron chi connectivity index (χ3n) is 14.6. The van der Waals surface area contributed by atoms with Gasteiger partial charge in [0, 0.05) is 0 Å². The van der Waals surface area contributed by atoms with Gasteiger partial charge in [-0.25, -0.2) is 0 Å². The molecule has 0 spiro atoms. The zero-order valence-electron chi connectivity index (χ0n) is 46.1. The standard InChI is InChI=1S/C19H32.C19H30.C3H8.C3H6.8C2H6/c2*1-3-7-18-14(5-1)9-11-16(18)13-17-12-10-15-6-2-4-8-19(15)17;2*1-3-2;8*1-2/h14-19H,1-13H2;11,14-15,17-19H,1-10,12-13H2;3H2,1-2H3;3H,1H2,2H3;8*1-2H3/t14?,15?,16-,17?,18?,19?;14?,15?,17-,18?,19?;;;;;;;;;;/m00........../s1. The fraction of sp³-hybridized carbons (Fsp3) is 0.933. The third kappa shape index (κ3) is 24.0. The molecular weight excluding hydrogens is 721 g/mol. The second-order valence-electron chi connectivity index (χ2n) is 17.4. The van der Waals surface area contributed by atoms with Gasteiger partial charge >= 0.3 is 0 Å². The zero-order valence-corrected chi connectivity index (χ0v) is 46.1. The summed E-state index contributed by atoms with van der Waals surface area (Å²) in [6, 6.07) is 0. The Bertz CT molecular complexity index is 817. The predicted octanol–water partition coefficient (Wildman–Crippen LogP) is 22.4. The first kappa shape index (κ1) is 66.1. The van der Waals surface area contributed by atoms with E-state index in [1.807, 2.05) is 123 Å². The number of allylic oxidation sites excluding steroid dienone is 3. The molecule has 0 aromatic rings. The minimum Gasteiger partial charge on any atom is -0.103 e. The van der Waals surface area contributed by atoms with Gasteiger partial charge in [0.2, 0.25) is 0 Å². The van der Waals surface area contributed by atoms with Gasteiger partial charge in [0.15, 0.2) is 0 Å². The van der Waals surface area contributed by atoms with Crippen molar-refractivity contribution in [3.63, 3.8) is 0 Å². The highest BCUT2D eigenvalue weighted by molar-refractivity contribution is 5.17. The molecule has 0 N–H and O–H groups in total. The molecule has 8 aliphatic carbocycles. The van der Waals surface area contributed by atoms with Crippen molar-refractivity contribution in [2.24, 2.45) is 65.1 Å². The van der Waals surface area contributed by atoms with Crippen LogP contribution in [0.3, 0.4) is 0 Å². The van der Waals surface area contributed by atoms with Crippen LogP contribution in [0.25, 0.3) is 0 Å². The molecule has 0 heteroatoms. The molecular formula is C60H124. The largest absolute Gasteiger partial charge is 0.103 e. The van der Waals surface area contributed by atoms with Crippen molar-refractivity contribution in [3.8, 4) is 0 Å². The van der Waals surface area contributed by atoms with Crippen molar-refractivity contribution < 1.29 is 0 Å². The first-order chi connectivity index (χ1) is 29.7. The molecule has 9 unspecified atom stereocenters. The molecule has 0 heterocycles. The second kappa shape index (κ2) is 47.9. The summed E-state index contributed by atoms with van der Waals surface area (Å²) in [5.74, 6) is 12.4. The summed E-state index contributed by atoms with van der Waals surface area (Å²) in [6.07, 6.45) is 44.6. The highest BCUT2D eigenvalue weighted by Crippen LogP contribution is 2.54. The minimum absolute atomic E-state index is 1.02. The maximum atomic E-state index is 3.36. The zero-order chi connectivity index (χ0) is 46.7. The van der Waals surface area contributed by atoms with E-state index >= 15 is 0 Å². The Hall–Kier alpha value is -0.520. The van der Waals surface area contributed by atoms with Crippen LogP contribution in [0.4, 0.5) is 0 Å². The molecule has 8 rings (SSSR count). The smallest absolute Gasteiger partial charge is 0.0172 e. The van der Waals surface area contributed by atoms with Gasteiger partial charge in [0.25, 0.3) is 0 Å². The van der Waals surface area contributed by atoms with E-state index in [4.69, 9.17) is 0 Å². The monoisotopic (exact) mass is 845 g/mol. The molecule has 7 fully saturated rings. The van der Waals surface area contributed by atoms with Crippen LogP contribution in [0.15, 0.2) is 24.3 Å². The summed E-state index contributed by atoms with van der Waals surface area (Å²) >= 11 is 0. The SMILES string of the molecule is C1=C(C[C@@H]2CCC3CCCCC32)C2CCCCC2C1.C1CCC2C(C1)CCC2C[C@@H]1CCC2CCCCC21.C=CC.CC.CC.CC.CC.CC.CC.CC.CC.CCC. The number of rotatable bonds is 4. The lowest BCUT2D eigenvalue weighted by Crippen LogP contribution is -2.24. The second-order valence-corrected chi connectivity index (χ2v) is 17.4. The summed E-state index contributed by atoms with van der Waals surface area (Å²) in [5.41, 5.74) is 1.92. The van der Waals surface area contributed by atoms with E-state index in [9.17, 15) is 0 Å². The Balaban J connectivity index is -0.000000359. The highest BCUT2D eigenvalue weighted by Gasteiger charge is 2.43. The molecule has 0 saturated heterocycles. The van der Waals surface area contributed by atoms with Gasteiger partial charge in [-0.15, -0.1) is 6.58 Å². The van der Waals surface area contributed by atoms with Crippen LogP contribution >= 0.6 is 0 Å². The molecule has 0 aromatic heterocycles. The molecule has 0 aromatic carbocycles. The van der Waals surface area contributed by atoms with E-state index in [1.54, 1.807) is 115 Å². The molecule has 0 nitrogen and oxygen atoms in total. The number of hydrogen-bond donors (Lipinski definition) is 0. The molecule has 0 radical (unpaired) electrons. The Morgan fingerprint density at radius 3 is 1.07 bits per heavy atom. The molecule has 0 aliphatic heterocycles. The van der Waals surface area contributed by atoms with Gasteiger partial charge < -0.3 is 0 Å². The molecule has 7 saturated carbocycles. The molecule has 60 heavy (non-hydrogen) atoms. The van der Waals surface area contributed by atoms with Crippen molar-refractivity contribution in [2.45, 2.75) is 298 Å². The molecule has 11 atom stereocenters.